The molecule has 0 bridgehead atoms. The number of carbonyl (C=O) groups is 1. The van der Waals surface area contributed by atoms with Crippen molar-refractivity contribution < 1.29 is 4.79 Å². The molecule has 0 radical (unpaired) electrons. The molecule has 0 spiro atoms. The fraction of sp³-hybridized carbons (Fsp3) is 0.400. The van der Waals surface area contributed by atoms with Gasteiger partial charge in [-0.15, -0.1) is 0 Å². The molecular weight excluding hydrogens is 298 g/mol. The van der Waals surface area contributed by atoms with Crippen LogP contribution in [0.15, 0.2) is 36.5 Å². The van der Waals surface area contributed by atoms with E-state index in [2.05, 4.69) is 49.3 Å². The van der Waals surface area contributed by atoms with Crippen LogP contribution in [-0.4, -0.2) is 29.4 Å². The van der Waals surface area contributed by atoms with Gasteiger partial charge in [-0.25, -0.2) is 4.98 Å². The lowest BCUT2D eigenvalue weighted by molar-refractivity contribution is 0.0787. The average Bonchev–Trinajstić information content (AvgIpc) is 2.61. The van der Waals surface area contributed by atoms with Crippen molar-refractivity contribution in [2.24, 2.45) is 0 Å². The van der Waals surface area contributed by atoms with Gasteiger partial charge in [0.1, 0.15) is 5.69 Å². The number of para-hydroxylation sites is 1. The number of benzene rings is 1. The quantitative estimate of drug-likeness (QED) is 0.811. The van der Waals surface area contributed by atoms with Gasteiger partial charge in [0, 0.05) is 19.3 Å². The van der Waals surface area contributed by atoms with Gasteiger partial charge >= 0.3 is 0 Å². The summed E-state index contributed by atoms with van der Waals surface area (Å²) in [5.41, 5.74) is 4.98. The normalized spacial score (nSPS) is 10.5. The number of unbranched alkanes of at least 4 members (excludes halogenated alkanes) is 1. The van der Waals surface area contributed by atoms with Crippen LogP contribution >= 0.6 is 0 Å². The van der Waals surface area contributed by atoms with E-state index in [-0.39, 0.29) is 5.91 Å². The highest BCUT2D eigenvalue weighted by molar-refractivity contribution is 5.92. The molecular formula is C20H27N3O. The Kier molecular flexibility index (Phi) is 6.36. The molecule has 0 unspecified atom stereocenters. The highest BCUT2D eigenvalue weighted by Crippen LogP contribution is 2.25. The zero-order chi connectivity index (χ0) is 17.5. The van der Waals surface area contributed by atoms with E-state index in [4.69, 9.17) is 0 Å². The minimum Gasteiger partial charge on any atom is -0.354 e. The molecule has 4 heteroatoms. The highest BCUT2D eigenvalue weighted by Gasteiger charge is 2.12. The number of anilines is 2. The summed E-state index contributed by atoms with van der Waals surface area (Å²) in [5.74, 6) is -0.0276. The van der Waals surface area contributed by atoms with Crippen molar-refractivity contribution in [2.75, 3.05) is 18.9 Å². The number of aryl methyl sites for hydroxylation is 2. The summed E-state index contributed by atoms with van der Waals surface area (Å²) >= 11 is 0. The molecule has 0 saturated heterocycles. The van der Waals surface area contributed by atoms with Gasteiger partial charge in [0.2, 0.25) is 0 Å². The van der Waals surface area contributed by atoms with E-state index in [0.29, 0.717) is 5.69 Å². The van der Waals surface area contributed by atoms with Crippen molar-refractivity contribution >= 4 is 17.3 Å². The van der Waals surface area contributed by atoms with Gasteiger partial charge in [-0.1, -0.05) is 38.5 Å². The number of amides is 1. The third-order valence-electron chi connectivity index (χ3n) is 4.19. The summed E-state index contributed by atoms with van der Waals surface area (Å²) in [6.07, 6.45) is 4.78. The SMILES string of the molecule is CCCCN(C)C(=O)c1ccc(Nc2c(C)cccc2CC)cn1. The van der Waals surface area contributed by atoms with Crippen molar-refractivity contribution in [1.82, 2.24) is 9.88 Å². The summed E-state index contributed by atoms with van der Waals surface area (Å²) in [4.78, 5) is 18.4. The Morgan fingerprint density at radius 2 is 2.00 bits per heavy atom. The fourth-order valence-electron chi connectivity index (χ4n) is 2.63. The molecule has 0 fully saturated rings. The predicted molar refractivity (Wildman–Crippen MR) is 99.9 cm³/mol. The zero-order valence-corrected chi connectivity index (χ0v) is 15.1. The predicted octanol–water partition coefficient (Wildman–Crippen LogP) is 4.57. The van der Waals surface area contributed by atoms with Gasteiger partial charge < -0.3 is 10.2 Å². The van der Waals surface area contributed by atoms with Gasteiger partial charge in [-0.2, -0.15) is 0 Å². The highest BCUT2D eigenvalue weighted by atomic mass is 16.2. The third kappa shape index (κ3) is 4.34. The van der Waals surface area contributed by atoms with Crippen LogP contribution in [0.25, 0.3) is 0 Å². The van der Waals surface area contributed by atoms with Crippen molar-refractivity contribution in [3.8, 4) is 0 Å². The minimum absolute atomic E-state index is 0.0276. The van der Waals surface area contributed by atoms with Crippen LogP contribution < -0.4 is 5.32 Å². The molecule has 0 aliphatic heterocycles. The second-order valence-electron chi connectivity index (χ2n) is 6.10. The van der Waals surface area contributed by atoms with Gasteiger partial charge in [-0.05, 0) is 43.0 Å². The van der Waals surface area contributed by atoms with E-state index in [1.807, 2.05) is 13.1 Å². The Bertz CT molecular complexity index is 680. The average molecular weight is 325 g/mol. The molecule has 0 aliphatic rings. The summed E-state index contributed by atoms with van der Waals surface area (Å²) in [6.45, 7) is 7.12. The molecule has 2 rings (SSSR count). The third-order valence-corrected chi connectivity index (χ3v) is 4.19. The molecule has 1 amide bonds. The molecule has 4 nitrogen and oxygen atoms in total. The van der Waals surface area contributed by atoms with Crippen molar-refractivity contribution in [3.63, 3.8) is 0 Å². The van der Waals surface area contributed by atoms with Gasteiger partial charge in [0.15, 0.2) is 0 Å². The smallest absolute Gasteiger partial charge is 0.272 e. The summed E-state index contributed by atoms with van der Waals surface area (Å²) in [5, 5.41) is 3.43. The Morgan fingerprint density at radius 3 is 2.62 bits per heavy atom. The van der Waals surface area contributed by atoms with E-state index < -0.39 is 0 Å². The number of pyridine rings is 1. The maximum atomic E-state index is 12.3. The first-order valence-electron chi connectivity index (χ1n) is 8.63. The molecule has 1 aromatic carbocycles. The summed E-state index contributed by atoms with van der Waals surface area (Å²) < 4.78 is 0. The lowest BCUT2D eigenvalue weighted by Gasteiger charge is -2.17. The summed E-state index contributed by atoms with van der Waals surface area (Å²) in [6, 6.07) is 10.0. The van der Waals surface area contributed by atoms with Crippen LogP contribution in [0.2, 0.25) is 0 Å². The van der Waals surface area contributed by atoms with Crippen molar-refractivity contribution in [3.05, 3.63) is 53.3 Å². The molecule has 24 heavy (non-hydrogen) atoms. The van der Waals surface area contributed by atoms with Gasteiger partial charge in [-0.3, -0.25) is 4.79 Å². The molecule has 0 atom stereocenters. The first-order chi connectivity index (χ1) is 11.6. The Morgan fingerprint density at radius 1 is 1.21 bits per heavy atom. The molecule has 1 aromatic heterocycles. The van der Waals surface area contributed by atoms with Crippen LogP contribution in [0, 0.1) is 6.92 Å². The number of hydrogen-bond acceptors (Lipinski definition) is 3. The van der Waals surface area contributed by atoms with E-state index in [1.165, 1.54) is 11.1 Å². The Balaban J connectivity index is 2.12. The molecule has 2 aromatic rings. The molecule has 1 heterocycles. The zero-order valence-electron chi connectivity index (χ0n) is 15.1. The monoisotopic (exact) mass is 325 g/mol. The topological polar surface area (TPSA) is 45.2 Å². The fourth-order valence-corrected chi connectivity index (χ4v) is 2.63. The van der Waals surface area contributed by atoms with E-state index in [0.717, 1.165) is 37.2 Å². The van der Waals surface area contributed by atoms with Crippen LogP contribution in [0.1, 0.15) is 48.3 Å². The second kappa shape index (κ2) is 8.48. The minimum atomic E-state index is -0.0276. The maximum Gasteiger partial charge on any atom is 0.272 e. The van der Waals surface area contributed by atoms with Crippen LogP contribution in [-0.2, 0) is 6.42 Å². The number of nitrogens with one attached hydrogen (secondary N) is 1. The van der Waals surface area contributed by atoms with Crippen LogP contribution in [0.3, 0.4) is 0 Å². The maximum absolute atomic E-state index is 12.3. The Labute approximate surface area is 144 Å². The lowest BCUT2D eigenvalue weighted by atomic mass is 10.1. The number of carbonyl (C=O) groups excluding carboxylic acids is 1. The van der Waals surface area contributed by atoms with Gasteiger partial charge in [0.05, 0.1) is 11.9 Å². The largest absolute Gasteiger partial charge is 0.354 e. The number of hydrogen-bond donors (Lipinski definition) is 1. The Hall–Kier alpha value is -2.36. The first-order valence-corrected chi connectivity index (χ1v) is 8.63. The van der Waals surface area contributed by atoms with Crippen molar-refractivity contribution in [2.45, 2.75) is 40.0 Å². The molecule has 0 saturated carbocycles. The number of nitrogens with zero attached hydrogens (tertiary/aromatic N) is 2. The molecule has 1 N–H and O–H groups in total. The second-order valence-corrected chi connectivity index (χ2v) is 6.10. The van der Waals surface area contributed by atoms with Crippen LogP contribution in [0.5, 0.6) is 0 Å². The number of aromatic nitrogens is 1. The van der Waals surface area contributed by atoms with E-state index >= 15 is 0 Å². The summed E-state index contributed by atoms with van der Waals surface area (Å²) in [7, 11) is 1.83. The lowest BCUT2D eigenvalue weighted by Crippen LogP contribution is -2.28. The number of rotatable bonds is 7. The van der Waals surface area contributed by atoms with Crippen LogP contribution in [0.4, 0.5) is 11.4 Å². The van der Waals surface area contributed by atoms with E-state index in [9.17, 15) is 4.79 Å². The van der Waals surface area contributed by atoms with E-state index in [1.54, 1.807) is 17.2 Å². The van der Waals surface area contributed by atoms with Crippen molar-refractivity contribution in [1.29, 1.82) is 0 Å². The first kappa shape index (κ1) is 18.0. The van der Waals surface area contributed by atoms with Gasteiger partial charge in [0.25, 0.3) is 5.91 Å². The molecule has 128 valence electrons. The molecule has 0 aliphatic carbocycles. The standard InChI is InChI=1S/C20H27N3O/c1-5-7-13-23(4)20(24)18-12-11-17(14-21-18)22-19-15(3)9-8-10-16(19)6-2/h8-12,14,22H,5-7,13H2,1-4H3.